The molecule has 144 valence electrons. The van der Waals surface area contributed by atoms with Gasteiger partial charge >= 0.3 is 0 Å². The number of benzene rings is 3. The summed E-state index contributed by atoms with van der Waals surface area (Å²) in [5.41, 5.74) is 3.30. The molecule has 0 saturated heterocycles. The Morgan fingerprint density at radius 1 is 0.966 bits per heavy atom. The number of nitrogens with zero attached hydrogens (tertiary/aromatic N) is 1. The van der Waals surface area contributed by atoms with Crippen molar-refractivity contribution in [2.24, 2.45) is 5.10 Å². The minimum absolute atomic E-state index is 0.375. The molecule has 4 rings (SSSR count). The number of thiophene rings is 1. The SMILES string of the molecule is O=C(N/N=C/c1cccc(Oc2ccccc2)c1)c1sc2cc(Cl)ccc2c1Cl. The number of hydrazone groups is 1. The number of carbonyl (C=O) groups excluding carboxylic acids is 1. The second-order valence-electron chi connectivity index (χ2n) is 6.07. The van der Waals surface area contributed by atoms with E-state index in [4.69, 9.17) is 27.9 Å². The van der Waals surface area contributed by atoms with Crippen LogP contribution in [0.3, 0.4) is 0 Å². The van der Waals surface area contributed by atoms with E-state index in [1.807, 2.05) is 54.6 Å². The molecule has 0 bridgehead atoms. The standard InChI is InChI=1S/C22H14Cl2N2O2S/c23-15-9-10-18-19(12-15)29-21(20(18)24)22(27)26-25-13-14-5-4-8-17(11-14)28-16-6-2-1-3-7-16/h1-13H,(H,26,27)/b25-13+. The van der Waals surface area contributed by atoms with Gasteiger partial charge in [-0.15, -0.1) is 11.3 Å². The second kappa shape index (κ2) is 8.66. The molecule has 3 aromatic carbocycles. The average Bonchev–Trinajstić information content (AvgIpc) is 3.05. The van der Waals surface area contributed by atoms with Gasteiger partial charge in [0.25, 0.3) is 5.91 Å². The topological polar surface area (TPSA) is 50.7 Å². The Morgan fingerprint density at radius 2 is 1.76 bits per heavy atom. The lowest BCUT2D eigenvalue weighted by atomic mass is 10.2. The number of ether oxygens (including phenoxy) is 1. The number of halogens is 2. The smallest absolute Gasteiger partial charge is 0.283 e. The lowest BCUT2D eigenvalue weighted by Crippen LogP contribution is -2.16. The van der Waals surface area contributed by atoms with Crippen LogP contribution in [0.5, 0.6) is 11.5 Å². The fourth-order valence-electron chi connectivity index (χ4n) is 2.68. The molecule has 0 unspecified atom stereocenters. The zero-order chi connectivity index (χ0) is 20.2. The van der Waals surface area contributed by atoms with Crippen molar-refractivity contribution < 1.29 is 9.53 Å². The van der Waals surface area contributed by atoms with E-state index in [0.29, 0.717) is 20.7 Å². The summed E-state index contributed by atoms with van der Waals surface area (Å²) in [7, 11) is 0. The molecule has 1 amide bonds. The maximum absolute atomic E-state index is 12.5. The summed E-state index contributed by atoms with van der Waals surface area (Å²) >= 11 is 13.6. The van der Waals surface area contributed by atoms with Crippen molar-refractivity contribution in [3.63, 3.8) is 0 Å². The highest BCUT2D eigenvalue weighted by atomic mass is 35.5. The minimum Gasteiger partial charge on any atom is -0.457 e. The fraction of sp³-hybridized carbons (Fsp3) is 0. The van der Waals surface area contributed by atoms with Crippen LogP contribution in [-0.2, 0) is 0 Å². The van der Waals surface area contributed by atoms with Gasteiger partial charge in [-0.05, 0) is 42.0 Å². The van der Waals surface area contributed by atoms with Crippen molar-refractivity contribution in [3.05, 3.63) is 93.3 Å². The van der Waals surface area contributed by atoms with Gasteiger partial charge < -0.3 is 4.74 Å². The molecular formula is C22H14Cl2N2O2S. The summed E-state index contributed by atoms with van der Waals surface area (Å²) in [6.45, 7) is 0. The number of para-hydroxylation sites is 1. The molecule has 0 atom stereocenters. The molecule has 1 heterocycles. The van der Waals surface area contributed by atoms with Crippen molar-refractivity contribution >= 4 is 56.7 Å². The van der Waals surface area contributed by atoms with Gasteiger partial charge in [0.2, 0.25) is 0 Å². The second-order valence-corrected chi connectivity index (χ2v) is 7.94. The van der Waals surface area contributed by atoms with Gasteiger partial charge in [0.15, 0.2) is 0 Å². The molecule has 4 nitrogen and oxygen atoms in total. The number of amides is 1. The number of hydrogen-bond acceptors (Lipinski definition) is 4. The molecule has 1 N–H and O–H groups in total. The highest BCUT2D eigenvalue weighted by Gasteiger charge is 2.16. The Bertz CT molecular complexity index is 1210. The van der Waals surface area contributed by atoms with Gasteiger partial charge in [-0.1, -0.05) is 59.6 Å². The quantitative estimate of drug-likeness (QED) is 0.275. The van der Waals surface area contributed by atoms with Crippen LogP contribution in [0.2, 0.25) is 10.0 Å². The first-order valence-electron chi connectivity index (χ1n) is 8.64. The first kappa shape index (κ1) is 19.5. The van der Waals surface area contributed by atoms with Gasteiger partial charge in [-0.3, -0.25) is 4.79 Å². The van der Waals surface area contributed by atoms with E-state index >= 15 is 0 Å². The van der Waals surface area contributed by atoms with Crippen molar-refractivity contribution in [1.82, 2.24) is 5.43 Å². The van der Waals surface area contributed by atoms with Crippen LogP contribution < -0.4 is 10.2 Å². The first-order chi connectivity index (χ1) is 14.1. The Hall–Kier alpha value is -2.86. The van der Waals surface area contributed by atoms with E-state index in [1.165, 1.54) is 11.3 Å². The van der Waals surface area contributed by atoms with Gasteiger partial charge in [0.05, 0.1) is 11.2 Å². The van der Waals surface area contributed by atoms with Crippen LogP contribution in [0.1, 0.15) is 15.2 Å². The average molecular weight is 441 g/mol. The van der Waals surface area contributed by atoms with Crippen LogP contribution in [0.15, 0.2) is 77.9 Å². The molecule has 0 aliphatic rings. The van der Waals surface area contributed by atoms with Gasteiger partial charge in [-0.25, -0.2) is 5.43 Å². The molecule has 4 aromatic rings. The molecule has 0 spiro atoms. The van der Waals surface area contributed by atoms with Crippen molar-refractivity contribution in [3.8, 4) is 11.5 Å². The summed E-state index contributed by atoms with van der Waals surface area (Å²) in [5.74, 6) is 1.05. The Morgan fingerprint density at radius 3 is 2.59 bits per heavy atom. The van der Waals surface area contributed by atoms with E-state index < -0.39 is 0 Å². The molecule has 0 aliphatic carbocycles. The number of nitrogens with one attached hydrogen (secondary N) is 1. The van der Waals surface area contributed by atoms with Gasteiger partial charge in [0.1, 0.15) is 16.4 Å². The zero-order valence-corrected chi connectivity index (χ0v) is 17.3. The number of hydrogen-bond donors (Lipinski definition) is 1. The molecule has 1 aromatic heterocycles. The summed E-state index contributed by atoms with van der Waals surface area (Å²) in [5, 5.41) is 5.82. The first-order valence-corrected chi connectivity index (χ1v) is 10.2. The number of rotatable bonds is 5. The highest BCUT2D eigenvalue weighted by Crippen LogP contribution is 2.36. The highest BCUT2D eigenvalue weighted by molar-refractivity contribution is 7.21. The Balaban J connectivity index is 1.46. The minimum atomic E-state index is -0.375. The Kier molecular flexibility index (Phi) is 5.81. The summed E-state index contributed by atoms with van der Waals surface area (Å²) in [6.07, 6.45) is 1.55. The van der Waals surface area contributed by atoms with Crippen molar-refractivity contribution in [2.45, 2.75) is 0 Å². The summed E-state index contributed by atoms with van der Waals surface area (Å²) < 4.78 is 6.65. The van der Waals surface area contributed by atoms with E-state index in [2.05, 4.69) is 10.5 Å². The summed E-state index contributed by atoms with van der Waals surface area (Å²) in [6, 6.07) is 22.2. The molecular weight excluding hydrogens is 427 g/mol. The lowest BCUT2D eigenvalue weighted by Gasteiger charge is -2.05. The lowest BCUT2D eigenvalue weighted by molar-refractivity contribution is 0.0959. The van der Waals surface area contributed by atoms with E-state index in [-0.39, 0.29) is 5.91 Å². The third kappa shape index (κ3) is 4.59. The van der Waals surface area contributed by atoms with Crippen molar-refractivity contribution in [2.75, 3.05) is 0 Å². The monoisotopic (exact) mass is 440 g/mol. The van der Waals surface area contributed by atoms with E-state index in [0.717, 1.165) is 21.4 Å². The summed E-state index contributed by atoms with van der Waals surface area (Å²) in [4.78, 5) is 12.9. The molecule has 0 fully saturated rings. The van der Waals surface area contributed by atoms with Crippen LogP contribution in [-0.4, -0.2) is 12.1 Å². The normalized spacial score (nSPS) is 11.1. The molecule has 0 radical (unpaired) electrons. The van der Waals surface area contributed by atoms with Gasteiger partial charge in [0, 0.05) is 15.1 Å². The fourth-order valence-corrected chi connectivity index (χ4v) is 4.37. The predicted molar refractivity (Wildman–Crippen MR) is 120 cm³/mol. The van der Waals surface area contributed by atoms with E-state index in [1.54, 1.807) is 24.4 Å². The number of carbonyl (C=O) groups is 1. The number of fused-ring (bicyclic) bond motifs is 1. The third-order valence-corrected chi connectivity index (χ3v) is 5.91. The molecule has 29 heavy (non-hydrogen) atoms. The molecule has 0 aliphatic heterocycles. The van der Waals surface area contributed by atoms with Crippen LogP contribution in [0.25, 0.3) is 10.1 Å². The van der Waals surface area contributed by atoms with Crippen LogP contribution in [0, 0.1) is 0 Å². The maximum atomic E-state index is 12.5. The predicted octanol–water partition coefficient (Wildman–Crippen LogP) is 6.76. The van der Waals surface area contributed by atoms with Gasteiger partial charge in [-0.2, -0.15) is 5.10 Å². The van der Waals surface area contributed by atoms with Crippen LogP contribution in [0.4, 0.5) is 0 Å². The Labute approximate surface area is 181 Å². The van der Waals surface area contributed by atoms with E-state index in [9.17, 15) is 4.79 Å². The largest absolute Gasteiger partial charge is 0.457 e. The molecule has 0 saturated carbocycles. The maximum Gasteiger partial charge on any atom is 0.283 e. The third-order valence-electron chi connectivity index (χ3n) is 4.01. The zero-order valence-electron chi connectivity index (χ0n) is 14.9. The van der Waals surface area contributed by atoms with Crippen LogP contribution >= 0.6 is 34.5 Å². The molecule has 7 heteroatoms. The van der Waals surface area contributed by atoms with Crippen molar-refractivity contribution in [1.29, 1.82) is 0 Å².